The summed E-state index contributed by atoms with van der Waals surface area (Å²) in [5, 5.41) is 4.51. The number of hydrogen-bond donors (Lipinski definition) is 0. The van der Waals surface area contributed by atoms with Crippen LogP contribution in [0.25, 0.3) is 5.69 Å². The van der Waals surface area contributed by atoms with Crippen molar-refractivity contribution >= 4 is 61.3 Å². The van der Waals surface area contributed by atoms with Gasteiger partial charge in [-0.1, -0.05) is 34.1 Å². The summed E-state index contributed by atoms with van der Waals surface area (Å²) in [5.74, 6) is 0. The number of likely N-dealkylation sites (N-methyl/N-ethyl adjacent to an activating group) is 1. The van der Waals surface area contributed by atoms with E-state index in [0.29, 0.717) is 36.1 Å². The molecule has 9 nitrogen and oxygen atoms in total. The Balaban J connectivity index is 1.44. The maximum Gasteiger partial charge on any atom is 0.297 e. The van der Waals surface area contributed by atoms with Gasteiger partial charge in [0.25, 0.3) is 15.6 Å². The summed E-state index contributed by atoms with van der Waals surface area (Å²) in [5.41, 5.74) is 1.97. The van der Waals surface area contributed by atoms with E-state index in [1.165, 1.54) is 20.3 Å². The third-order valence-corrected chi connectivity index (χ3v) is 11.2. The van der Waals surface area contributed by atoms with Crippen molar-refractivity contribution in [2.24, 2.45) is 0 Å². The maximum absolute atomic E-state index is 13.8. The molecule has 0 N–H and O–H groups in total. The lowest BCUT2D eigenvalue weighted by molar-refractivity contribution is 0.312. The van der Waals surface area contributed by atoms with Crippen LogP contribution in [0, 0.1) is 0 Å². The highest BCUT2D eigenvalue weighted by Gasteiger charge is 2.32. The van der Waals surface area contributed by atoms with Crippen LogP contribution in [0.3, 0.4) is 0 Å². The van der Waals surface area contributed by atoms with Crippen LogP contribution in [0.5, 0.6) is 0 Å². The standard InChI is InChI=1S/C23H28BBrN6O3S2/c1-27-7-9-29(10-8-27)21-19(16-26-31(23(21)32)17-5-3-2-4-6-17)28-11-13-30(14-12-28)36(33,34)20-15-18(25)22(24)35-20/h2-6,15-16H,7-14,24H2,1H3. The number of benzene rings is 1. The minimum Gasteiger partial charge on any atom is -0.366 e. The maximum atomic E-state index is 13.8. The summed E-state index contributed by atoms with van der Waals surface area (Å²) in [4.78, 5) is 20.3. The number of rotatable bonds is 5. The minimum absolute atomic E-state index is 0.155. The van der Waals surface area contributed by atoms with Crippen LogP contribution in [-0.2, 0) is 10.0 Å². The first kappa shape index (κ1) is 25.5. The van der Waals surface area contributed by atoms with Gasteiger partial charge in [0.05, 0.1) is 17.6 Å². The molecule has 0 unspecified atom stereocenters. The second-order valence-corrected chi connectivity index (χ2v) is 13.4. The third-order valence-electron chi connectivity index (χ3n) is 6.76. The quantitative estimate of drug-likeness (QED) is 0.402. The lowest BCUT2D eigenvalue weighted by atomic mass is 10.1. The van der Waals surface area contributed by atoms with Crippen molar-refractivity contribution in [1.82, 2.24) is 19.0 Å². The summed E-state index contributed by atoms with van der Waals surface area (Å²) in [7, 11) is 0.424. The Morgan fingerprint density at radius 3 is 2.22 bits per heavy atom. The first-order chi connectivity index (χ1) is 17.3. The van der Waals surface area contributed by atoms with Gasteiger partial charge >= 0.3 is 0 Å². The first-order valence-corrected chi connectivity index (χ1v) is 14.9. The van der Waals surface area contributed by atoms with Crippen LogP contribution < -0.4 is 20.1 Å². The Morgan fingerprint density at radius 2 is 1.61 bits per heavy atom. The van der Waals surface area contributed by atoms with Gasteiger partial charge in [-0.15, -0.1) is 11.3 Å². The van der Waals surface area contributed by atoms with Crippen molar-refractivity contribution in [3.05, 3.63) is 57.4 Å². The second kappa shape index (κ2) is 10.3. The SMILES string of the molecule is Bc1sc(S(=O)(=O)N2CCN(c3cnn(-c4ccccc4)c(=O)c3N3CCN(C)CC3)CC2)cc1Br. The highest BCUT2D eigenvalue weighted by Crippen LogP contribution is 2.30. The van der Waals surface area contributed by atoms with E-state index in [4.69, 9.17) is 0 Å². The van der Waals surface area contributed by atoms with Crippen molar-refractivity contribution in [2.75, 3.05) is 69.2 Å². The second-order valence-electron chi connectivity index (χ2n) is 9.08. The number of piperazine rings is 2. The third kappa shape index (κ3) is 4.86. The largest absolute Gasteiger partial charge is 0.366 e. The van der Waals surface area contributed by atoms with Gasteiger partial charge in [0.2, 0.25) is 0 Å². The number of aromatic nitrogens is 2. The van der Waals surface area contributed by atoms with Crippen LogP contribution in [0.1, 0.15) is 0 Å². The van der Waals surface area contributed by atoms with Crippen molar-refractivity contribution in [2.45, 2.75) is 4.21 Å². The Labute approximate surface area is 224 Å². The summed E-state index contributed by atoms with van der Waals surface area (Å²) in [6.45, 7) is 4.91. The lowest BCUT2D eigenvalue weighted by Gasteiger charge is -2.39. The van der Waals surface area contributed by atoms with Gasteiger partial charge in [-0.25, -0.2) is 8.42 Å². The molecule has 36 heavy (non-hydrogen) atoms. The van der Waals surface area contributed by atoms with E-state index in [0.717, 1.165) is 46.8 Å². The van der Waals surface area contributed by atoms with E-state index in [1.807, 2.05) is 38.2 Å². The fraction of sp³-hybridized carbons (Fsp3) is 0.391. The summed E-state index contributed by atoms with van der Waals surface area (Å²) in [6.07, 6.45) is 1.76. The molecule has 5 rings (SSSR count). The molecule has 13 heteroatoms. The molecule has 0 radical (unpaired) electrons. The minimum atomic E-state index is -3.56. The van der Waals surface area contributed by atoms with Crippen molar-refractivity contribution in [1.29, 1.82) is 0 Å². The van der Waals surface area contributed by atoms with E-state index in [1.54, 1.807) is 12.3 Å². The molecule has 2 fully saturated rings. The Bertz CT molecular complexity index is 1380. The van der Waals surface area contributed by atoms with Crippen LogP contribution in [0.2, 0.25) is 0 Å². The molecular weight excluding hydrogens is 563 g/mol. The average molecular weight is 591 g/mol. The molecule has 2 aromatic heterocycles. The van der Waals surface area contributed by atoms with Gasteiger partial charge < -0.3 is 14.7 Å². The Morgan fingerprint density at radius 1 is 0.972 bits per heavy atom. The zero-order valence-corrected chi connectivity index (χ0v) is 23.5. The molecular formula is C23H28BBrN6O3S2. The topological polar surface area (TPSA) is 82.0 Å². The number of sulfonamides is 1. The average Bonchev–Trinajstić information content (AvgIpc) is 3.24. The van der Waals surface area contributed by atoms with Crippen molar-refractivity contribution in [3.8, 4) is 5.69 Å². The lowest BCUT2D eigenvalue weighted by Crippen LogP contribution is -2.51. The van der Waals surface area contributed by atoms with Gasteiger partial charge in [-0.05, 0) is 30.0 Å². The van der Waals surface area contributed by atoms with E-state index in [-0.39, 0.29) is 5.56 Å². The van der Waals surface area contributed by atoms with Gasteiger partial charge in [-0.3, -0.25) is 4.79 Å². The van der Waals surface area contributed by atoms with E-state index < -0.39 is 10.0 Å². The number of para-hydroxylation sites is 1. The fourth-order valence-corrected chi connectivity index (χ4v) is 8.29. The van der Waals surface area contributed by atoms with Gasteiger partial charge in [0, 0.05) is 56.8 Å². The normalized spacial score (nSPS) is 18.1. The summed E-state index contributed by atoms with van der Waals surface area (Å²) >= 11 is 4.70. The predicted molar refractivity (Wildman–Crippen MR) is 151 cm³/mol. The molecule has 0 saturated carbocycles. The highest BCUT2D eigenvalue weighted by atomic mass is 79.9. The molecule has 0 amide bonds. The monoisotopic (exact) mass is 590 g/mol. The fourth-order valence-electron chi connectivity index (χ4n) is 4.61. The summed E-state index contributed by atoms with van der Waals surface area (Å²) in [6, 6.07) is 11.1. The number of thiophene rings is 1. The molecule has 0 aliphatic carbocycles. The summed E-state index contributed by atoms with van der Waals surface area (Å²) < 4.78 is 31.5. The molecule has 0 atom stereocenters. The Hall–Kier alpha value is -2.19. The molecule has 2 saturated heterocycles. The first-order valence-electron chi connectivity index (χ1n) is 11.9. The molecule has 1 aromatic carbocycles. The number of hydrogen-bond acceptors (Lipinski definition) is 8. The number of halogens is 1. The van der Waals surface area contributed by atoms with Crippen LogP contribution in [0.15, 0.2) is 56.1 Å². The van der Waals surface area contributed by atoms with E-state index >= 15 is 0 Å². The zero-order chi connectivity index (χ0) is 25.4. The van der Waals surface area contributed by atoms with Gasteiger partial charge in [0.15, 0.2) is 7.85 Å². The number of nitrogens with zero attached hydrogens (tertiary/aromatic N) is 6. The molecule has 2 aliphatic heterocycles. The highest BCUT2D eigenvalue weighted by molar-refractivity contribution is 9.10. The van der Waals surface area contributed by atoms with Crippen LogP contribution in [0.4, 0.5) is 11.4 Å². The Kier molecular flexibility index (Phi) is 7.28. The van der Waals surface area contributed by atoms with Crippen LogP contribution >= 0.6 is 27.3 Å². The smallest absolute Gasteiger partial charge is 0.297 e. The molecule has 190 valence electrons. The van der Waals surface area contributed by atoms with Crippen molar-refractivity contribution in [3.63, 3.8) is 0 Å². The molecule has 2 aliphatic rings. The zero-order valence-electron chi connectivity index (χ0n) is 20.3. The van der Waals surface area contributed by atoms with E-state index in [9.17, 15) is 13.2 Å². The van der Waals surface area contributed by atoms with Gasteiger partial charge in [-0.2, -0.15) is 14.1 Å². The molecule has 3 aromatic rings. The molecule has 0 bridgehead atoms. The van der Waals surface area contributed by atoms with E-state index in [2.05, 4.69) is 42.8 Å². The van der Waals surface area contributed by atoms with Crippen molar-refractivity contribution < 1.29 is 8.42 Å². The molecule has 0 spiro atoms. The number of anilines is 2. The molecule has 4 heterocycles. The predicted octanol–water partition coefficient (Wildman–Crippen LogP) is 0.578. The van der Waals surface area contributed by atoms with Gasteiger partial charge in [0.1, 0.15) is 9.90 Å². The van der Waals surface area contributed by atoms with Crippen LogP contribution in [-0.4, -0.2) is 94.7 Å².